The minimum atomic E-state index is -1.81. The second-order valence-corrected chi connectivity index (χ2v) is 3.89. The molecule has 0 aliphatic heterocycles. The summed E-state index contributed by atoms with van der Waals surface area (Å²) in [6.07, 6.45) is 6.57. The van der Waals surface area contributed by atoms with Gasteiger partial charge >= 0.3 is 7.12 Å². The molecule has 1 aromatic carbocycles. The van der Waals surface area contributed by atoms with Crippen molar-refractivity contribution in [3.63, 3.8) is 0 Å². The molecule has 2 rings (SSSR count). The molecule has 3 N–H and O–H groups in total. The monoisotopic (exact) mass is 216 g/mol. The predicted molar refractivity (Wildman–Crippen MR) is 62.6 cm³/mol. The highest BCUT2D eigenvalue weighted by Crippen LogP contribution is 2.34. The van der Waals surface area contributed by atoms with Crippen molar-refractivity contribution in [2.24, 2.45) is 0 Å². The van der Waals surface area contributed by atoms with Crippen molar-refractivity contribution in [2.45, 2.75) is 11.4 Å². The van der Waals surface area contributed by atoms with Crippen LogP contribution in [-0.2, 0) is 0 Å². The van der Waals surface area contributed by atoms with Crippen LogP contribution in [0.2, 0.25) is 0 Å². The van der Waals surface area contributed by atoms with Crippen LogP contribution in [0.4, 0.5) is 0 Å². The third-order valence-corrected chi connectivity index (χ3v) is 2.85. The second kappa shape index (κ2) is 4.25. The first-order valence-electron chi connectivity index (χ1n) is 5.14. The van der Waals surface area contributed by atoms with E-state index in [4.69, 9.17) is 0 Å². The Kier molecular flexibility index (Phi) is 2.96. The quantitative estimate of drug-likeness (QED) is 0.635. The van der Waals surface area contributed by atoms with Gasteiger partial charge in [0.05, 0.1) is 0 Å². The van der Waals surface area contributed by atoms with Gasteiger partial charge in [0.2, 0.25) is 0 Å². The molecule has 1 aliphatic carbocycles. The van der Waals surface area contributed by atoms with Gasteiger partial charge in [-0.05, 0) is 5.56 Å². The first-order chi connectivity index (χ1) is 7.64. The molecule has 82 valence electrons. The van der Waals surface area contributed by atoms with Gasteiger partial charge in [0.1, 0.15) is 5.50 Å². The largest absolute Gasteiger partial charge is 0.490 e. The summed E-state index contributed by atoms with van der Waals surface area (Å²) in [5.74, 6) is -0.446. The number of aliphatic hydroxyl groups is 1. The fourth-order valence-corrected chi connectivity index (χ4v) is 1.93. The van der Waals surface area contributed by atoms with Gasteiger partial charge in [-0.2, -0.15) is 0 Å². The molecule has 0 heterocycles. The maximum Gasteiger partial charge on any atom is 0.490 e. The van der Waals surface area contributed by atoms with Crippen LogP contribution in [0.25, 0.3) is 0 Å². The van der Waals surface area contributed by atoms with E-state index in [1.54, 1.807) is 18.2 Å². The average molecular weight is 216 g/mol. The number of hydrogen-bond donors (Lipinski definition) is 3. The third kappa shape index (κ3) is 1.83. The molecule has 3 nitrogen and oxygen atoms in total. The van der Waals surface area contributed by atoms with Gasteiger partial charge in [-0.25, -0.2) is 0 Å². The Morgan fingerprint density at radius 3 is 2.38 bits per heavy atom. The number of hydrogen-bond acceptors (Lipinski definition) is 3. The van der Waals surface area contributed by atoms with E-state index < -0.39 is 18.5 Å². The lowest BCUT2D eigenvalue weighted by Crippen LogP contribution is -2.49. The topological polar surface area (TPSA) is 60.7 Å². The average Bonchev–Trinajstić information content (AvgIpc) is 2.30. The molecule has 0 fully saturated rings. The Morgan fingerprint density at radius 1 is 1.06 bits per heavy atom. The third-order valence-electron chi connectivity index (χ3n) is 2.85. The molecule has 1 aromatic rings. The minimum Gasteiger partial charge on any atom is -0.425 e. The van der Waals surface area contributed by atoms with Crippen molar-refractivity contribution in [3.05, 3.63) is 60.2 Å². The lowest BCUT2D eigenvalue weighted by Gasteiger charge is -2.33. The molecule has 0 saturated carbocycles. The molecular formula is C12H13BO3. The van der Waals surface area contributed by atoms with E-state index in [0.717, 1.165) is 5.56 Å². The zero-order valence-electron chi connectivity index (χ0n) is 8.69. The lowest BCUT2D eigenvalue weighted by atomic mass is 9.58. The molecule has 4 heteroatoms. The van der Waals surface area contributed by atoms with Gasteiger partial charge in [-0.3, -0.25) is 0 Å². The Bertz CT molecular complexity index is 414. The van der Waals surface area contributed by atoms with Gasteiger partial charge in [0, 0.05) is 5.92 Å². The van der Waals surface area contributed by atoms with Crippen molar-refractivity contribution in [3.8, 4) is 0 Å². The summed E-state index contributed by atoms with van der Waals surface area (Å²) in [5.41, 5.74) is -0.811. The van der Waals surface area contributed by atoms with Crippen LogP contribution >= 0.6 is 0 Å². The maximum absolute atomic E-state index is 10.2. The zero-order chi connectivity index (χ0) is 11.6. The van der Waals surface area contributed by atoms with Gasteiger partial charge < -0.3 is 15.2 Å². The fourth-order valence-electron chi connectivity index (χ4n) is 1.93. The standard InChI is InChI=1S/C12H13BO3/c14-12(13(15)16)9-5-4-8-11(12)10-6-2-1-3-7-10/h1-9,11,14-16H. The first kappa shape index (κ1) is 11.1. The van der Waals surface area contributed by atoms with E-state index in [-0.39, 0.29) is 0 Å². The van der Waals surface area contributed by atoms with Crippen molar-refractivity contribution in [1.82, 2.24) is 0 Å². The van der Waals surface area contributed by atoms with E-state index in [9.17, 15) is 15.2 Å². The lowest BCUT2D eigenvalue weighted by molar-refractivity contribution is 0.112. The van der Waals surface area contributed by atoms with Crippen LogP contribution in [0.5, 0.6) is 0 Å². The molecule has 0 aromatic heterocycles. The van der Waals surface area contributed by atoms with Gasteiger partial charge in [-0.1, -0.05) is 54.6 Å². The van der Waals surface area contributed by atoms with Crippen LogP contribution in [0.1, 0.15) is 11.5 Å². The fraction of sp³-hybridized carbons (Fsp3) is 0.167. The summed E-state index contributed by atoms with van der Waals surface area (Å²) in [4.78, 5) is 0. The Labute approximate surface area is 94.5 Å². The van der Waals surface area contributed by atoms with Gasteiger partial charge in [-0.15, -0.1) is 0 Å². The van der Waals surface area contributed by atoms with Crippen LogP contribution < -0.4 is 0 Å². The Hall–Kier alpha value is -1.36. The minimum absolute atomic E-state index is 0.446. The van der Waals surface area contributed by atoms with Crippen LogP contribution in [-0.4, -0.2) is 27.8 Å². The van der Waals surface area contributed by atoms with Crippen molar-refractivity contribution in [1.29, 1.82) is 0 Å². The SMILES string of the molecule is OB(O)C1(O)C=CC=CC1c1ccccc1. The van der Waals surface area contributed by atoms with Crippen molar-refractivity contribution >= 4 is 7.12 Å². The predicted octanol–water partition coefficient (Wildman–Crippen LogP) is 0.639. The van der Waals surface area contributed by atoms with Gasteiger partial charge in [0.15, 0.2) is 0 Å². The summed E-state index contributed by atoms with van der Waals surface area (Å²) in [6, 6.07) is 9.28. The van der Waals surface area contributed by atoms with Crippen LogP contribution in [0.3, 0.4) is 0 Å². The van der Waals surface area contributed by atoms with Gasteiger partial charge in [0.25, 0.3) is 0 Å². The zero-order valence-corrected chi connectivity index (χ0v) is 8.69. The molecule has 2 unspecified atom stereocenters. The molecule has 0 amide bonds. The number of benzene rings is 1. The van der Waals surface area contributed by atoms with Crippen LogP contribution in [0.15, 0.2) is 54.6 Å². The summed E-state index contributed by atoms with van der Waals surface area (Å²) < 4.78 is 0. The van der Waals surface area contributed by atoms with Crippen LogP contribution in [0, 0.1) is 0 Å². The molecule has 0 saturated heterocycles. The Morgan fingerprint density at radius 2 is 1.75 bits per heavy atom. The van der Waals surface area contributed by atoms with Crippen molar-refractivity contribution in [2.75, 3.05) is 0 Å². The molecule has 0 radical (unpaired) electrons. The molecule has 2 atom stereocenters. The smallest absolute Gasteiger partial charge is 0.425 e. The maximum atomic E-state index is 10.2. The van der Waals surface area contributed by atoms with E-state index >= 15 is 0 Å². The summed E-state index contributed by atoms with van der Waals surface area (Å²) in [5, 5.41) is 28.8. The number of allylic oxidation sites excluding steroid dienone is 2. The van der Waals surface area contributed by atoms with E-state index in [2.05, 4.69) is 0 Å². The van der Waals surface area contributed by atoms with E-state index in [0.29, 0.717) is 0 Å². The first-order valence-corrected chi connectivity index (χ1v) is 5.14. The van der Waals surface area contributed by atoms with E-state index in [1.165, 1.54) is 6.08 Å². The number of rotatable bonds is 2. The normalized spacial score (nSPS) is 28.1. The molecule has 0 bridgehead atoms. The highest BCUT2D eigenvalue weighted by molar-refractivity contribution is 6.46. The Balaban J connectivity index is 2.40. The highest BCUT2D eigenvalue weighted by Gasteiger charge is 2.45. The summed E-state index contributed by atoms with van der Waals surface area (Å²) >= 11 is 0. The molecule has 16 heavy (non-hydrogen) atoms. The molecule has 1 aliphatic rings. The van der Waals surface area contributed by atoms with Crippen molar-refractivity contribution < 1.29 is 15.2 Å². The molecule has 0 spiro atoms. The van der Waals surface area contributed by atoms with E-state index in [1.807, 2.05) is 30.3 Å². The summed E-state index contributed by atoms with van der Waals surface area (Å²) in [6.45, 7) is 0. The summed E-state index contributed by atoms with van der Waals surface area (Å²) in [7, 11) is -1.81. The molecular weight excluding hydrogens is 203 g/mol. The second-order valence-electron chi connectivity index (χ2n) is 3.89. The highest BCUT2D eigenvalue weighted by atomic mass is 16.4.